The van der Waals surface area contributed by atoms with E-state index in [4.69, 9.17) is 4.42 Å². The Balaban J connectivity index is 1.36. The molecule has 0 amide bonds. The fraction of sp³-hybridized carbons (Fsp3) is 0.0476. The lowest BCUT2D eigenvalue weighted by Crippen LogP contribution is -2.40. The van der Waals surface area contributed by atoms with Crippen LogP contribution in [-0.4, -0.2) is 0 Å². The van der Waals surface area contributed by atoms with Crippen LogP contribution in [0.5, 0.6) is 0 Å². The second-order valence-electron chi connectivity index (χ2n) is 11.9. The van der Waals surface area contributed by atoms with E-state index in [2.05, 4.69) is 146 Å². The molecule has 43 heavy (non-hydrogen) atoms. The highest BCUT2D eigenvalue weighted by atomic mass is 16.3. The van der Waals surface area contributed by atoms with E-state index >= 15 is 0 Å². The number of para-hydroxylation sites is 2. The molecule has 10 rings (SSSR count). The van der Waals surface area contributed by atoms with Gasteiger partial charge in [-0.2, -0.15) is 0 Å². The van der Waals surface area contributed by atoms with Gasteiger partial charge in [0.1, 0.15) is 11.2 Å². The molecule has 1 heterocycles. The fourth-order valence-electron chi connectivity index (χ4n) is 8.05. The largest absolute Gasteiger partial charge is 0.455 e. The Labute approximate surface area is 248 Å². The van der Waals surface area contributed by atoms with Crippen LogP contribution in [0.1, 0.15) is 11.1 Å². The van der Waals surface area contributed by atoms with Crippen molar-refractivity contribution in [1.29, 1.82) is 0 Å². The van der Waals surface area contributed by atoms with E-state index in [0.717, 1.165) is 11.2 Å². The van der Waals surface area contributed by atoms with Gasteiger partial charge in [0, 0.05) is 28.2 Å². The van der Waals surface area contributed by atoms with Gasteiger partial charge in [-0.1, -0.05) is 140 Å². The molecule has 0 spiro atoms. The van der Waals surface area contributed by atoms with E-state index in [1.807, 2.05) is 0 Å². The van der Waals surface area contributed by atoms with Gasteiger partial charge >= 0.3 is 0 Å². The third kappa shape index (κ3) is 3.12. The molecule has 7 aromatic carbocycles. The summed E-state index contributed by atoms with van der Waals surface area (Å²) in [5, 5.41) is 12.9. The summed E-state index contributed by atoms with van der Waals surface area (Å²) in [6.45, 7) is 0. The number of rotatable bonds is 2. The minimum Gasteiger partial charge on any atom is -0.455 e. The SMILES string of the molecule is C1=CC2C(c3ccc4ccc5cccc6ccc3c4c56)=c3ccccc3=C(c3cccc4c3oc3ccccc34)C2C=C1. The van der Waals surface area contributed by atoms with Crippen LogP contribution in [0.15, 0.2) is 150 Å². The molecule has 0 saturated carbocycles. The highest BCUT2D eigenvalue weighted by Crippen LogP contribution is 2.45. The molecule has 1 aromatic heterocycles. The van der Waals surface area contributed by atoms with E-state index in [9.17, 15) is 0 Å². The van der Waals surface area contributed by atoms with Gasteiger partial charge in [-0.15, -0.1) is 0 Å². The van der Waals surface area contributed by atoms with E-state index in [1.165, 1.54) is 75.8 Å². The number of hydrogen-bond donors (Lipinski definition) is 0. The summed E-state index contributed by atoms with van der Waals surface area (Å²) in [5.74, 6) is 0.389. The van der Waals surface area contributed by atoms with Gasteiger partial charge in [-0.25, -0.2) is 0 Å². The van der Waals surface area contributed by atoms with Gasteiger partial charge in [0.15, 0.2) is 0 Å². The zero-order valence-corrected chi connectivity index (χ0v) is 23.4. The predicted molar refractivity (Wildman–Crippen MR) is 180 cm³/mol. The molecule has 1 heteroatoms. The summed E-state index contributed by atoms with van der Waals surface area (Å²) < 4.78 is 6.60. The normalized spacial score (nSPS) is 18.0. The van der Waals surface area contributed by atoms with Crippen molar-refractivity contribution in [3.63, 3.8) is 0 Å². The lowest BCUT2D eigenvalue weighted by atomic mass is 9.69. The maximum absolute atomic E-state index is 6.60. The van der Waals surface area contributed by atoms with Gasteiger partial charge in [0.25, 0.3) is 0 Å². The molecule has 0 bridgehead atoms. The first-order valence-corrected chi connectivity index (χ1v) is 15.1. The Morgan fingerprint density at radius 1 is 0.419 bits per heavy atom. The minimum absolute atomic E-state index is 0.187. The van der Waals surface area contributed by atoms with Gasteiger partial charge < -0.3 is 4.42 Å². The van der Waals surface area contributed by atoms with Gasteiger partial charge in [-0.3, -0.25) is 0 Å². The second kappa shape index (κ2) is 8.56. The molecule has 0 fully saturated rings. The maximum atomic E-state index is 6.60. The topological polar surface area (TPSA) is 13.1 Å². The Hall–Kier alpha value is -5.40. The van der Waals surface area contributed by atoms with Crippen LogP contribution in [0.2, 0.25) is 0 Å². The molecule has 2 unspecified atom stereocenters. The van der Waals surface area contributed by atoms with Gasteiger partial charge in [0.2, 0.25) is 0 Å². The molecule has 2 aliphatic carbocycles. The number of benzene rings is 7. The molecule has 1 nitrogen and oxygen atoms in total. The molecule has 0 N–H and O–H groups in total. The van der Waals surface area contributed by atoms with Crippen molar-refractivity contribution in [3.05, 3.63) is 167 Å². The van der Waals surface area contributed by atoms with Gasteiger partial charge in [0.05, 0.1) is 0 Å². The van der Waals surface area contributed by atoms with Crippen LogP contribution < -0.4 is 10.4 Å². The Kier molecular flexibility index (Phi) is 4.62. The van der Waals surface area contributed by atoms with Crippen molar-refractivity contribution < 1.29 is 4.42 Å². The quantitative estimate of drug-likeness (QED) is 0.197. The van der Waals surface area contributed by atoms with Crippen LogP contribution in [0, 0.1) is 11.8 Å². The van der Waals surface area contributed by atoms with E-state index in [-0.39, 0.29) is 11.8 Å². The molecule has 0 saturated heterocycles. The van der Waals surface area contributed by atoms with E-state index < -0.39 is 0 Å². The molecule has 200 valence electrons. The third-order valence-corrected chi connectivity index (χ3v) is 9.82. The maximum Gasteiger partial charge on any atom is 0.142 e. The molecular weight excluding hydrogens is 520 g/mol. The summed E-state index contributed by atoms with van der Waals surface area (Å²) in [4.78, 5) is 0. The van der Waals surface area contributed by atoms with Crippen LogP contribution in [0.3, 0.4) is 0 Å². The van der Waals surface area contributed by atoms with Crippen LogP contribution in [0.25, 0.3) is 65.4 Å². The van der Waals surface area contributed by atoms with Crippen molar-refractivity contribution in [2.45, 2.75) is 0 Å². The van der Waals surface area contributed by atoms with Crippen LogP contribution in [-0.2, 0) is 0 Å². The third-order valence-electron chi connectivity index (χ3n) is 9.82. The first-order valence-electron chi connectivity index (χ1n) is 15.1. The average molecular weight is 547 g/mol. The first-order chi connectivity index (χ1) is 21.3. The molecule has 2 aliphatic rings. The summed E-state index contributed by atoms with van der Waals surface area (Å²) in [5.41, 5.74) is 7.17. The van der Waals surface area contributed by atoms with Crippen molar-refractivity contribution in [1.82, 2.24) is 0 Å². The zero-order chi connectivity index (χ0) is 28.1. The standard InChI is InChI=1S/C42H26O/c1-3-14-31-29(12-1)40(34-24-22-27-20-19-25-9-7-10-26-21-23-33(34)39(27)38(25)26)30-13-2-4-15-32(30)41(31)36-17-8-16-35-28-11-5-6-18-37(28)43-42(35)36/h1-24,29,31H. The summed E-state index contributed by atoms with van der Waals surface area (Å²) in [7, 11) is 0. The number of allylic oxidation sites excluding steroid dienone is 4. The zero-order valence-electron chi connectivity index (χ0n) is 23.4. The van der Waals surface area contributed by atoms with Gasteiger partial charge in [-0.05, 0) is 65.5 Å². The molecular formula is C42H26O. The van der Waals surface area contributed by atoms with E-state index in [1.54, 1.807) is 0 Å². The van der Waals surface area contributed by atoms with Crippen LogP contribution >= 0.6 is 0 Å². The van der Waals surface area contributed by atoms with Crippen LogP contribution in [0.4, 0.5) is 0 Å². The lowest BCUT2D eigenvalue weighted by molar-refractivity contribution is 0.659. The minimum atomic E-state index is 0.187. The average Bonchev–Trinajstić information content (AvgIpc) is 3.45. The summed E-state index contributed by atoms with van der Waals surface area (Å²) in [6.07, 6.45) is 9.25. The Bertz CT molecular complexity index is 2610. The highest BCUT2D eigenvalue weighted by molar-refractivity contribution is 6.24. The highest BCUT2D eigenvalue weighted by Gasteiger charge is 2.33. The molecule has 8 aromatic rings. The number of fused-ring (bicyclic) bond motifs is 5. The summed E-state index contributed by atoms with van der Waals surface area (Å²) in [6, 6.07) is 44.5. The smallest absolute Gasteiger partial charge is 0.142 e. The molecule has 2 atom stereocenters. The van der Waals surface area contributed by atoms with Crippen molar-refractivity contribution >= 4 is 65.4 Å². The van der Waals surface area contributed by atoms with Crippen molar-refractivity contribution in [3.8, 4) is 0 Å². The first kappa shape index (κ1) is 23.2. The Morgan fingerprint density at radius 2 is 1.02 bits per heavy atom. The number of furan rings is 1. The monoisotopic (exact) mass is 546 g/mol. The second-order valence-corrected chi connectivity index (χ2v) is 11.9. The lowest BCUT2D eigenvalue weighted by Gasteiger charge is -2.34. The molecule has 0 aliphatic heterocycles. The fourth-order valence-corrected chi connectivity index (χ4v) is 8.05. The van der Waals surface area contributed by atoms with Crippen molar-refractivity contribution in [2.75, 3.05) is 0 Å². The summed E-state index contributed by atoms with van der Waals surface area (Å²) >= 11 is 0. The Morgan fingerprint density at radius 3 is 1.81 bits per heavy atom. The van der Waals surface area contributed by atoms with E-state index in [0.29, 0.717) is 0 Å². The number of hydrogen-bond acceptors (Lipinski definition) is 1. The molecule has 0 radical (unpaired) electrons. The predicted octanol–water partition coefficient (Wildman–Crippen LogP) is 9.25. The van der Waals surface area contributed by atoms with Crippen molar-refractivity contribution in [2.24, 2.45) is 11.8 Å².